The van der Waals surface area contributed by atoms with Crippen LogP contribution in [0.1, 0.15) is 26.3 Å². The maximum atomic E-state index is 13.2. The van der Waals surface area contributed by atoms with Gasteiger partial charge in [-0.15, -0.1) is 0 Å². The molecule has 0 saturated heterocycles. The zero-order chi connectivity index (χ0) is 9.42. The predicted octanol–water partition coefficient (Wildman–Crippen LogP) is 0.882. The van der Waals surface area contributed by atoms with Gasteiger partial charge in [-0.3, -0.25) is 9.59 Å². The number of carbonyl (C=O) groups excluding carboxylic acids is 2. The third kappa shape index (κ3) is 1.11. The van der Waals surface area contributed by atoms with Gasteiger partial charge in [-0.2, -0.15) is 0 Å². The van der Waals surface area contributed by atoms with Gasteiger partial charge in [-0.1, -0.05) is 0 Å². The quantitative estimate of drug-likeness (QED) is 0.650. The number of hydrogen-bond acceptors (Lipinski definition) is 2. The first-order valence-electron chi connectivity index (χ1n) is 3.78. The molecule has 0 aliphatic carbocycles. The molecule has 0 fully saturated rings. The van der Waals surface area contributed by atoms with Gasteiger partial charge < -0.3 is 5.32 Å². The summed E-state index contributed by atoms with van der Waals surface area (Å²) in [5, 5.41) is 2.48. The summed E-state index contributed by atoms with van der Waals surface area (Å²) in [4.78, 5) is 21.5. The van der Waals surface area contributed by atoms with E-state index in [1.165, 1.54) is 6.07 Å². The van der Waals surface area contributed by atoms with E-state index in [4.69, 9.17) is 0 Å². The molecule has 13 heavy (non-hydrogen) atoms. The van der Waals surface area contributed by atoms with Crippen molar-refractivity contribution in [1.29, 1.82) is 0 Å². The van der Waals surface area contributed by atoms with Crippen molar-refractivity contribution < 1.29 is 14.0 Å². The molecular weight excluding hydrogens is 173 g/mol. The minimum Gasteiger partial charge on any atom is -0.348 e. The van der Waals surface area contributed by atoms with Crippen LogP contribution in [-0.4, -0.2) is 12.2 Å². The molecule has 1 aliphatic rings. The van der Waals surface area contributed by atoms with Crippen LogP contribution in [0.3, 0.4) is 0 Å². The molecule has 2 rings (SSSR count). The second kappa shape index (κ2) is 2.65. The molecule has 3 nitrogen and oxygen atoms in total. The topological polar surface area (TPSA) is 46.2 Å². The van der Waals surface area contributed by atoms with Crippen molar-refractivity contribution in [3.05, 3.63) is 34.6 Å². The van der Waals surface area contributed by atoms with Crippen molar-refractivity contribution in [1.82, 2.24) is 5.32 Å². The SMILES string of the molecule is O=Cc1cc(F)c2c(c1)C(=O)NC2. The maximum absolute atomic E-state index is 13.2. The first-order chi connectivity index (χ1) is 6.22. The number of amides is 1. The van der Waals surface area contributed by atoms with Crippen LogP contribution in [0.15, 0.2) is 12.1 Å². The second-order valence-electron chi connectivity index (χ2n) is 2.83. The minimum absolute atomic E-state index is 0.188. The summed E-state index contributed by atoms with van der Waals surface area (Å²) in [5.74, 6) is -0.824. The Labute approximate surface area is 73.6 Å². The van der Waals surface area contributed by atoms with E-state index in [1.807, 2.05) is 0 Å². The number of aldehydes is 1. The number of halogens is 1. The fourth-order valence-corrected chi connectivity index (χ4v) is 1.37. The van der Waals surface area contributed by atoms with E-state index in [2.05, 4.69) is 5.32 Å². The Balaban J connectivity index is 2.66. The van der Waals surface area contributed by atoms with E-state index in [0.29, 0.717) is 11.8 Å². The lowest BCUT2D eigenvalue weighted by molar-refractivity contribution is 0.0965. The van der Waals surface area contributed by atoms with E-state index in [0.717, 1.165) is 6.07 Å². The molecule has 1 aliphatic heterocycles. The van der Waals surface area contributed by atoms with Gasteiger partial charge in [-0.25, -0.2) is 4.39 Å². The van der Waals surface area contributed by atoms with E-state index in [-0.39, 0.29) is 23.6 Å². The highest BCUT2D eigenvalue weighted by molar-refractivity contribution is 5.99. The lowest BCUT2D eigenvalue weighted by atomic mass is 10.1. The Morgan fingerprint density at radius 1 is 1.46 bits per heavy atom. The highest BCUT2D eigenvalue weighted by atomic mass is 19.1. The van der Waals surface area contributed by atoms with Crippen LogP contribution in [0, 0.1) is 5.82 Å². The van der Waals surface area contributed by atoms with Crippen LogP contribution in [0.2, 0.25) is 0 Å². The first-order valence-corrected chi connectivity index (χ1v) is 3.78. The Hall–Kier alpha value is -1.71. The average molecular weight is 179 g/mol. The molecule has 0 saturated carbocycles. The van der Waals surface area contributed by atoms with Gasteiger partial charge in [0.25, 0.3) is 5.91 Å². The molecule has 0 spiro atoms. The first kappa shape index (κ1) is 7.91. The third-order valence-corrected chi connectivity index (χ3v) is 2.02. The normalized spacial score (nSPS) is 13.8. The Bertz CT molecular complexity index is 401. The number of benzene rings is 1. The van der Waals surface area contributed by atoms with Crippen LogP contribution >= 0.6 is 0 Å². The summed E-state index contributed by atoms with van der Waals surface area (Å²) in [6, 6.07) is 2.53. The van der Waals surface area contributed by atoms with Crippen LogP contribution in [0.25, 0.3) is 0 Å². The Kier molecular flexibility index (Phi) is 1.62. The summed E-state index contributed by atoms with van der Waals surface area (Å²) in [7, 11) is 0. The number of rotatable bonds is 1. The van der Waals surface area contributed by atoms with Gasteiger partial charge in [-0.05, 0) is 12.1 Å². The van der Waals surface area contributed by atoms with E-state index in [1.54, 1.807) is 0 Å². The fourth-order valence-electron chi connectivity index (χ4n) is 1.37. The molecule has 1 aromatic carbocycles. The Morgan fingerprint density at radius 3 is 2.92 bits per heavy atom. The van der Waals surface area contributed by atoms with E-state index in [9.17, 15) is 14.0 Å². The second-order valence-corrected chi connectivity index (χ2v) is 2.83. The largest absolute Gasteiger partial charge is 0.348 e. The summed E-state index contributed by atoms with van der Waals surface area (Å²) in [6.07, 6.45) is 0.523. The molecule has 4 heteroatoms. The van der Waals surface area contributed by atoms with Crippen molar-refractivity contribution in [2.24, 2.45) is 0 Å². The molecule has 1 heterocycles. The van der Waals surface area contributed by atoms with Crippen molar-refractivity contribution in [3.63, 3.8) is 0 Å². The minimum atomic E-state index is -0.502. The van der Waals surface area contributed by atoms with Crippen molar-refractivity contribution in [2.45, 2.75) is 6.54 Å². The highest BCUT2D eigenvalue weighted by Crippen LogP contribution is 2.20. The third-order valence-electron chi connectivity index (χ3n) is 2.02. The smallest absolute Gasteiger partial charge is 0.252 e. The van der Waals surface area contributed by atoms with Crippen molar-refractivity contribution >= 4 is 12.2 Å². The van der Waals surface area contributed by atoms with Gasteiger partial charge >= 0.3 is 0 Å². The molecule has 1 amide bonds. The van der Waals surface area contributed by atoms with E-state index < -0.39 is 5.82 Å². The van der Waals surface area contributed by atoms with Crippen molar-refractivity contribution in [3.8, 4) is 0 Å². The van der Waals surface area contributed by atoms with Gasteiger partial charge in [0.2, 0.25) is 0 Å². The van der Waals surface area contributed by atoms with E-state index >= 15 is 0 Å². The van der Waals surface area contributed by atoms with Gasteiger partial charge in [0, 0.05) is 23.2 Å². The lowest BCUT2D eigenvalue weighted by Gasteiger charge is -1.98. The molecule has 1 aromatic rings. The summed E-state index contributed by atoms with van der Waals surface area (Å²) in [5.41, 5.74) is 0.797. The van der Waals surface area contributed by atoms with Crippen LogP contribution in [0.5, 0.6) is 0 Å². The molecule has 0 unspecified atom stereocenters. The van der Waals surface area contributed by atoms with Crippen LogP contribution in [0.4, 0.5) is 4.39 Å². The van der Waals surface area contributed by atoms with Crippen LogP contribution < -0.4 is 5.32 Å². The molecular formula is C9H6FNO2. The lowest BCUT2D eigenvalue weighted by Crippen LogP contribution is -2.12. The summed E-state index contributed by atoms with van der Waals surface area (Å²) >= 11 is 0. The monoisotopic (exact) mass is 179 g/mol. The molecule has 1 N–H and O–H groups in total. The van der Waals surface area contributed by atoms with Crippen molar-refractivity contribution in [2.75, 3.05) is 0 Å². The predicted molar refractivity (Wildman–Crippen MR) is 43.0 cm³/mol. The Morgan fingerprint density at radius 2 is 2.23 bits per heavy atom. The molecule has 0 aromatic heterocycles. The van der Waals surface area contributed by atoms with Gasteiger partial charge in [0.1, 0.15) is 12.1 Å². The number of carbonyl (C=O) groups is 2. The number of nitrogens with one attached hydrogen (secondary N) is 1. The molecule has 0 bridgehead atoms. The summed E-state index contributed by atoms with van der Waals surface area (Å²) < 4.78 is 13.2. The van der Waals surface area contributed by atoms with Crippen LogP contribution in [-0.2, 0) is 6.54 Å². The molecule has 0 atom stereocenters. The average Bonchev–Trinajstić information content (AvgIpc) is 2.48. The van der Waals surface area contributed by atoms with Gasteiger partial charge in [0.15, 0.2) is 0 Å². The molecule has 66 valence electrons. The highest BCUT2D eigenvalue weighted by Gasteiger charge is 2.22. The number of hydrogen-bond donors (Lipinski definition) is 1. The zero-order valence-electron chi connectivity index (χ0n) is 6.63. The molecule has 0 radical (unpaired) electrons. The summed E-state index contributed by atoms with van der Waals surface area (Å²) in [6.45, 7) is 0.207. The standard InChI is InChI=1S/C9H6FNO2/c10-8-2-5(4-12)1-6-7(8)3-11-9(6)13/h1-2,4H,3H2,(H,11,13). The fraction of sp³-hybridized carbons (Fsp3) is 0.111. The van der Waals surface area contributed by atoms with Gasteiger partial charge in [0.05, 0.1) is 0 Å². The zero-order valence-corrected chi connectivity index (χ0v) is 6.63. The maximum Gasteiger partial charge on any atom is 0.252 e. The number of fused-ring (bicyclic) bond motifs is 1.